The van der Waals surface area contributed by atoms with Gasteiger partial charge in [0.2, 0.25) is 0 Å². The lowest BCUT2D eigenvalue weighted by Gasteiger charge is -2.24. The molecule has 0 aliphatic heterocycles. The molecule has 0 spiro atoms. The van der Waals surface area contributed by atoms with Gasteiger partial charge >= 0.3 is 6.09 Å². The Bertz CT molecular complexity index is 354. The highest BCUT2D eigenvalue weighted by Gasteiger charge is 2.18. The maximum atomic E-state index is 11.0. The van der Waals surface area contributed by atoms with Crippen molar-refractivity contribution in [3.05, 3.63) is 35.9 Å². The van der Waals surface area contributed by atoms with Crippen molar-refractivity contribution in [2.24, 2.45) is 5.73 Å². The Morgan fingerprint density at radius 2 is 1.94 bits per heavy atom. The molecule has 0 radical (unpaired) electrons. The van der Waals surface area contributed by atoms with Crippen LogP contribution in [-0.2, 0) is 0 Å². The van der Waals surface area contributed by atoms with Gasteiger partial charge < -0.3 is 20.8 Å². The van der Waals surface area contributed by atoms with Crippen LogP contribution in [0.3, 0.4) is 0 Å². The van der Waals surface area contributed by atoms with E-state index in [2.05, 4.69) is 0 Å². The van der Waals surface area contributed by atoms with Gasteiger partial charge in [-0.25, -0.2) is 4.79 Å². The molecule has 1 amide bonds. The van der Waals surface area contributed by atoms with Crippen LogP contribution in [0.15, 0.2) is 30.3 Å². The van der Waals surface area contributed by atoms with Crippen molar-refractivity contribution in [3.8, 4) is 0 Å². The number of nitrogens with zero attached hydrogens (tertiary/aromatic N) is 1. The van der Waals surface area contributed by atoms with Gasteiger partial charge in [-0.2, -0.15) is 0 Å². The zero-order valence-corrected chi connectivity index (χ0v) is 9.78. The normalized spacial score (nSPS) is 14.1. The van der Waals surface area contributed by atoms with Crippen LogP contribution in [0, 0.1) is 0 Å². The number of carbonyl (C=O) groups is 1. The minimum atomic E-state index is -1.07. The summed E-state index contributed by atoms with van der Waals surface area (Å²) in [5.74, 6) is 0. The number of rotatable bonds is 5. The molecule has 0 saturated heterocycles. The molecule has 5 heteroatoms. The molecule has 1 aromatic carbocycles. The van der Waals surface area contributed by atoms with E-state index in [0.717, 1.165) is 4.90 Å². The van der Waals surface area contributed by atoms with Crippen molar-refractivity contribution in [1.82, 2.24) is 4.90 Å². The lowest BCUT2D eigenvalue weighted by Crippen LogP contribution is -2.41. The zero-order chi connectivity index (χ0) is 12.8. The van der Waals surface area contributed by atoms with Gasteiger partial charge in [0.15, 0.2) is 0 Å². The average Bonchev–Trinajstić information content (AvgIpc) is 2.28. The van der Waals surface area contributed by atoms with E-state index in [0.29, 0.717) is 5.56 Å². The van der Waals surface area contributed by atoms with Gasteiger partial charge in [-0.1, -0.05) is 30.3 Å². The van der Waals surface area contributed by atoms with E-state index in [4.69, 9.17) is 10.8 Å². The maximum absolute atomic E-state index is 11.0. The monoisotopic (exact) mass is 238 g/mol. The van der Waals surface area contributed by atoms with Crippen LogP contribution < -0.4 is 5.73 Å². The summed E-state index contributed by atoms with van der Waals surface area (Å²) in [5.41, 5.74) is 6.26. The first-order valence-corrected chi connectivity index (χ1v) is 5.47. The van der Waals surface area contributed by atoms with E-state index in [9.17, 15) is 9.90 Å². The Morgan fingerprint density at radius 1 is 1.35 bits per heavy atom. The summed E-state index contributed by atoms with van der Waals surface area (Å²) in [7, 11) is 0. The van der Waals surface area contributed by atoms with E-state index in [-0.39, 0.29) is 19.1 Å². The molecule has 0 aliphatic rings. The first kappa shape index (κ1) is 13.5. The van der Waals surface area contributed by atoms with Crippen LogP contribution in [0.4, 0.5) is 4.79 Å². The number of carboxylic acid groups (broad SMARTS) is 1. The number of aliphatic hydroxyl groups is 1. The van der Waals surface area contributed by atoms with E-state index in [1.165, 1.54) is 0 Å². The molecule has 4 N–H and O–H groups in total. The van der Waals surface area contributed by atoms with Crippen molar-refractivity contribution < 1.29 is 15.0 Å². The Hall–Kier alpha value is -1.59. The average molecular weight is 238 g/mol. The Labute approximate surface area is 100 Å². The Kier molecular flexibility index (Phi) is 4.93. The van der Waals surface area contributed by atoms with Gasteiger partial charge in [0.05, 0.1) is 12.6 Å². The van der Waals surface area contributed by atoms with Gasteiger partial charge in [0.1, 0.15) is 0 Å². The first-order valence-electron chi connectivity index (χ1n) is 5.47. The van der Waals surface area contributed by atoms with Crippen LogP contribution >= 0.6 is 0 Å². The Balaban J connectivity index is 2.64. The zero-order valence-electron chi connectivity index (χ0n) is 9.78. The summed E-state index contributed by atoms with van der Waals surface area (Å²) in [4.78, 5) is 12.1. The van der Waals surface area contributed by atoms with Crippen LogP contribution in [0.2, 0.25) is 0 Å². The van der Waals surface area contributed by atoms with Crippen molar-refractivity contribution in [2.75, 3.05) is 13.1 Å². The molecule has 1 rings (SSSR count). The van der Waals surface area contributed by atoms with Crippen molar-refractivity contribution in [3.63, 3.8) is 0 Å². The van der Waals surface area contributed by atoms with Crippen molar-refractivity contribution >= 4 is 6.09 Å². The number of hydrogen-bond acceptors (Lipinski definition) is 3. The van der Waals surface area contributed by atoms with E-state index in [1.807, 2.05) is 6.07 Å². The molecule has 0 saturated carbocycles. The number of aliphatic hydroxyl groups excluding tert-OH is 1. The molecule has 0 bridgehead atoms. The second-order valence-electron chi connectivity index (χ2n) is 4.09. The fourth-order valence-corrected chi connectivity index (χ4v) is 1.57. The Morgan fingerprint density at radius 3 is 2.41 bits per heavy atom. The third-order valence-corrected chi connectivity index (χ3v) is 2.36. The van der Waals surface area contributed by atoms with Crippen LogP contribution in [0.1, 0.15) is 18.6 Å². The number of nitrogens with two attached hydrogens (primary N) is 1. The van der Waals surface area contributed by atoms with Gasteiger partial charge in [-0.3, -0.25) is 0 Å². The molecule has 0 aliphatic carbocycles. The minimum Gasteiger partial charge on any atom is -0.465 e. The molecule has 17 heavy (non-hydrogen) atoms. The fourth-order valence-electron chi connectivity index (χ4n) is 1.57. The number of benzene rings is 1. The van der Waals surface area contributed by atoms with Gasteiger partial charge in [0.25, 0.3) is 0 Å². The quantitative estimate of drug-likeness (QED) is 0.715. The topological polar surface area (TPSA) is 86.8 Å². The summed E-state index contributed by atoms with van der Waals surface area (Å²) in [6, 6.07) is 8.71. The van der Waals surface area contributed by atoms with Crippen LogP contribution in [-0.4, -0.2) is 40.3 Å². The summed E-state index contributed by atoms with van der Waals surface area (Å²) in [5, 5.41) is 18.9. The summed E-state index contributed by atoms with van der Waals surface area (Å²) in [6.45, 7) is 1.96. The highest BCUT2D eigenvalue weighted by atomic mass is 16.4. The second kappa shape index (κ2) is 6.22. The lowest BCUT2D eigenvalue weighted by atomic mass is 10.1. The standard InChI is InChI=1S/C12H18N2O3/c1-9(13)7-14(12(16)17)8-11(15)10-5-3-2-4-6-10/h2-6,9,11,15H,7-8,13H2,1H3,(H,16,17)/t9-,11-/m1/s1. The third kappa shape index (κ3) is 4.42. The summed E-state index contributed by atoms with van der Waals surface area (Å²) < 4.78 is 0. The molecule has 2 atom stereocenters. The van der Waals surface area contributed by atoms with Crippen molar-refractivity contribution in [2.45, 2.75) is 19.1 Å². The lowest BCUT2D eigenvalue weighted by molar-refractivity contribution is 0.0947. The molecule has 0 heterocycles. The smallest absolute Gasteiger partial charge is 0.407 e. The minimum absolute atomic E-state index is 0.0287. The SMILES string of the molecule is C[C@@H](N)CN(C[C@@H](O)c1ccccc1)C(=O)O. The predicted octanol–water partition coefficient (Wildman–Crippen LogP) is 1.05. The number of amides is 1. The summed E-state index contributed by atoms with van der Waals surface area (Å²) >= 11 is 0. The fraction of sp³-hybridized carbons (Fsp3) is 0.417. The van der Waals surface area contributed by atoms with E-state index < -0.39 is 12.2 Å². The van der Waals surface area contributed by atoms with Gasteiger partial charge in [-0.15, -0.1) is 0 Å². The van der Waals surface area contributed by atoms with Gasteiger partial charge in [0, 0.05) is 12.6 Å². The first-order chi connectivity index (χ1) is 8.00. The highest BCUT2D eigenvalue weighted by Crippen LogP contribution is 2.13. The van der Waals surface area contributed by atoms with Crippen LogP contribution in [0.25, 0.3) is 0 Å². The molecule has 0 unspecified atom stereocenters. The molecule has 0 fully saturated rings. The highest BCUT2D eigenvalue weighted by molar-refractivity contribution is 5.65. The second-order valence-corrected chi connectivity index (χ2v) is 4.09. The molecule has 0 aromatic heterocycles. The molecule has 1 aromatic rings. The molecular weight excluding hydrogens is 220 g/mol. The van der Waals surface area contributed by atoms with Crippen molar-refractivity contribution in [1.29, 1.82) is 0 Å². The van der Waals surface area contributed by atoms with Gasteiger partial charge in [-0.05, 0) is 12.5 Å². The van der Waals surface area contributed by atoms with E-state index in [1.54, 1.807) is 31.2 Å². The van der Waals surface area contributed by atoms with E-state index >= 15 is 0 Å². The summed E-state index contributed by atoms with van der Waals surface area (Å²) in [6.07, 6.45) is -1.90. The third-order valence-electron chi connectivity index (χ3n) is 2.36. The largest absolute Gasteiger partial charge is 0.465 e. The number of hydrogen-bond donors (Lipinski definition) is 3. The molecule has 5 nitrogen and oxygen atoms in total. The van der Waals surface area contributed by atoms with Crippen LogP contribution in [0.5, 0.6) is 0 Å². The molecular formula is C12H18N2O3. The molecule has 94 valence electrons. The maximum Gasteiger partial charge on any atom is 0.407 e. The predicted molar refractivity (Wildman–Crippen MR) is 64.6 cm³/mol.